The van der Waals surface area contributed by atoms with E-state index in [-0.39, 0.29) is 11.4 Å². The number of hydrogen-bond acceptors (Lipinski definition) is 5. The second-order valence-electron chi connectivity index (χ2n) is 9.09. The largest absolute Gasteiger partial charge is 0.352 e. The van der Waals surface area contributed by atoms with Gasteiger partial charge in [-0.25, -0.2) is 9.97 Å². The van der Waals surface area contributed by atoms with Gasteiger partial charge in [-0.1, -0.05) is 12.8 Å². The van der Waals surface area contributed by atoms with Crippen LogP contribution in [0.15, 0.2) is 47.8 Å². The van der Waals surface area contributed by atoms with E-state index in [0.717, 1.165) is 60.1 Å². The van der Waals surface area contributed by atoms with E-state index in [0.29, 0.717) is 0 Å². The predicted octanol–water partition coefficient (Wildman–Crippen LogP) is 4.49. The lowest BCUT2D eigenvalue weighted by molar-refractivity contribution is 0.0624. The van der Waals surface area contributed by atoms with Gasteiger partial charge < -0.3 is 14.8 Å². The van der Waals surface area contributed by atoms with Crippen molar-refractivity contribution in [2.24, 2.45) is 0 Å². The number of piperazine rings is 1. The van der Waals surface area contributed by atoms with Crippen molar-refractivity contribution < 1.29 is 4.79 Å². The van der Waals surface area contributed by atoms with Crippen molar-refractivity contribution in [2.45, 2.75) is 54.2 Å². The third-order valence-corrected chi connectivity index (χ3v) is 8.41. The molecular formula is C24H27N5OS. The summed E-state index contributed by atoms with van der Waals surface area (Å²) in [5, 5.41) is 1.80. The van der Waals surface area contributed by atoms with Gasteiger partial charge >= 0.3 is 0 Å². The molecule has 2 aliphatic carbocycles. The number of thioether (sulfide) groups is 1. The minimum absolute atomic E-state index is 0.0554. The Morgan fingerprint density at radius 3 is 2.65 bits per heavy atom. The maximum atomic E-state index is 13.4. The minimum Gasteiger partial charge on any atom is -0.352 e. The molecule has 3 aliphatic rings. The van der Waals surface area contributed by atoms with Crippen LogP contribution in [0.5, 0.6) is 0 Å². The van der Waals surface area contributed by atoms with Crippen molar-refractivity contribution in [1.82, 2.24) is 19.9 Å². The summed E-state index contributed by atoms with van der Waals surface area (Å²) >= 11 is 1.97. The maximum Gasteiger partial charge on any atom is 0.254 e. The Bertz CT molecular complexity index is 1100. The normalized spacial score (nSPS) is 20.6. The Morgan fingerprint density at radius 2 is 1.87 bits per heavy atom. The van der Waals surface area contributed by atoms with Crippen LogP contribution < -0.4 is 4.90 Å². The van der Waals surface area contributed by atoms with Gasteiger partial charge in [0.25, 0.3) is 5.91 Å². The highest BCUT2D eigenvalue weighted by Gasteiger charge is 2.53. The third kappa shape index (κ3) is 3.49. The van der Waals surface area contributed by atoms with Gasteiger partial charge in [-0.2, -0.15) is 0 Å². The van der Waals surface area contributed by atoms with E-state index in [2.05, 4.69) is 36.9 Å². The van der Waals surface area contributed by atoms with E-state index in [1.165, 1.54) is 30.6 Å². The summed E-state index contributed by atoms with van der Waals surface area (Å²) in [7, 11) is 0. The Morgan fingerprint density at radius 1 is 1.06 bits per heavy atom. The molecule has 6 rings (SSSR count). The molecule has 1 N–H and O–H groups in total. The average molecular weight is 434 g/mol. The van der Waals surface area contributed by atoms with E-state index in [9.17, 15) is 4.79 Å². The molecule has 0 bridgehead atoms. The number of anilines is 1. The zero-order valence-corrected chi connectivity index (χ0v) is 18.4. The fourth-order valence-electron chi connectivity index (χ4n) is 5.19. The standard InChI is InChI=1S/C24H27N5OS/c30-23(17-5-7-19(8-6-17)31-18-3-1-2-4-18)29-14-13-28(15-24(29)10-11-24)22-20-9-12-25-21(20)26-16-27-22/h5-9,12,16,18H,1-4,10-11,13-15H2,(H,25,26,27). The van der Waals surface area contributed by atoms with Crippen molar-refractivity contribution in [2.75, 3.05) is 24.5 Å². The van der Waals surface area contributed by atoms with Crippen LogP contribution >= 0.6 is 11.8 Å². The molecule has 1 aromatic carbocycles. The van der Waals surface area contributed by atoms with Gasteiger partial charge in [-0.05, 0) is 56.0 Å². The highest BCUT2D eigenvalue weighted by Crippen LogP contribution is 2.46. The molecule has 31 heavy (non-hydrogen) atoms. The molecule has 1 spiro atoms. The summed E-state index contributed by atoms with van der Waals surface area (Å²) in [5.74, 6) is 1.14. The lowest BCUT2D eigenvalue weighted by atomic mass is 10.1. The molecular weight excluding hydrogens is 406 g/mol. The number of aromatic amines is 1. The summed E-state index contributed by atoms with van der Waals surface area (Å²) in [4.78, 5) is 31.2. The van der Waals surface area contributed by atoms with E-state index < -0.39 is 0 Å². The monoisotopic (exact) mass is 433 g/mol. The van der Waals surface area contributed by atoms with E-state index >= 15 is 0 Å². The Labute approximate surface area is 186 Å². The maximum absolute atomic E-state index is 13.4. The molecule has 3 heterocycles. The Kier molecular flexibility index (Phi) is 4.67. The highest BCUT2D eigenvalue weighted by molar-refractivity contribution is 8.00. The highest BCUT2D eigenvalue weighted by atomic mass is 32.2. The summed E-state index contributed by atoms with van der Waals surface area (Å²) in [6.45, 7) is 2.36. The van der Waals surface area contributed by atoms with Gasteiger partial charge in [0.05, 0.1) is 10.9 Å². The molecule has 7 heteroatoms. The lowest BCUT2D eigenvalue weighted by Gasteiger charge is -2.43. The number of carbonyl (C=O) groups is 1. The predicted molar refractivity (Wildman–Crippen MR) is 124 cm³/mol. The van der Waals surface area contributed by atoms with Gasteiger partial charge in [0.1, 0.15) is 17.8 Å². The van der Waals surface area contributed by atoms with Crippen molar-refractivity contribution in [3.8, 4) is 0 Å². The molecule has 1 amide bonds. The summed E-state index contributed by atoms with van der Waals surface area (Å²) in [5.41, 5.74) is 1.62. The molecule has 6 nitrogen and oxygen atoms in total. The van der Waals surface area contributed by atoms with Gasteiger partial charge in [-0.15, -0.1) is 11.8 Å². The smallest absolute Gasteiger partial charge is 0.254 e. The van der Waals surface area contributed by atoms with Crippen LogP contribution in [-0.4, -0.2) is 56.2 Å². The van der Waals surface area contributed by atoms with Crippen molar-refractivity contribution in [3.05, 3.63) is 48.4 Å². The van der Waals surface area contributed by atoms with Crippen LogP contribution in [0.4, 0.5) is 5.82 Å². The zero-order chi connectivity index (χ0) is 20.8. The number of rotatable bonds is 4. The number of hydrogen-bond donors (Lipinski definition) is 1. The third-order valence-electron chi connectivity index (χ3n) is 7.06. The number of carbonyl (C=O) groups excluding carboxylic acids is 1. The number of fused-ring (bicyclic) bond motifs is 1. The number of nitrogens with zero attached hydrogens (tertiary/aromatic N) is 4. The minimum atomic E-state index is -0.0554. The molecule has 0 radical (unpaired) electrons. The van der Waals surface area contributed by atoms with Crippen molar-refractivity contribution >= 4 is 34.5 Å². The molecule has 0 unspecified atom stereocenters. The first kappa shape index (κ1) is 19.2. The number of H-pyrrole nitrogens is 1. The number of aromatic nitrogens is 3. The second kappa shape index (κ2) is 7.55. The first-order chi connectivity index (χ1) is 15.2. The molecule has 2 aromatic heterocycles. The van der Waals surface area contributed by atoms with E-state index in [4.69, 9.17) is 0 Å². The van der Waals surface area contributed by atoms with Crippen LogP contribution in [-0.2, 0) is 0 Å². The lowest BCUT2D eigenvalue weighted by Crippen LogP contribution is -2.57. The second-order valence-corrected chi connectivity index (χ2v) is 10.5. The fraction of sp³-hybridized carbons (Fsp3) is 0.458. The Hall–Kier alpha value is -2.54. The fourth-order valence-corrected chi connectivity index (χ4v) is 6.44. The molecule has 1 aliphatic heterocycles. The summed E-state index contributed by atoms with van der Waals surface area (Å²) in [6, 6.07) is 10.4. The van der Waals surface area contributed by atoms with Gasteiger partial charge in [-0.3, -0.25) is 4.79 Å². The van der Waals surface area contributed by atoms with Crippen LogP contribution in [0.1, 0.15) is 48.9 Å². The van der Waals surface area contributed by atoms with E-state index in [1.807, 2.05) is 36.2 Å². The van der Waals surface area contributed by atoms with Crippen LogP contribution in [0, 0.1) is 0 Å². The number of amides is 1. The van der Waals surface area contributed by atoms with Crippen LogP contribution in [0.25, 0.3) is 11.0 Å². The zero-order valence-electron chi connectivity index (χ0n) is 17.6. The topological polar surface area (TPSA) is 65.1 Å². The van der Waals surface area contributed by atoms with E-state index in [1.54, 1.807) is 6.33 Å². The van der Waals surface area contributed by atoms with Gasteiger partial charge in [0.2, 0.25) is 0 Å². The number of nitrogens with one attached hydrogen (secondary N) is 1. The molecule has 0 atom stereocenters. The van der Waals surface area contributed by atoms with Crippen LogP contribution in [0.2, 0.25) is 0 Å². The molecule has 3 fully saturated rings. The van der Waals surface area contributed by atoms with Crippen LogP contribution in [0.3, 0.4) is 0 Å². The first-order valence-corrected chi connectivity index (χ1v) is 12.2. The Balaban J connectivity index is 1.18. The van der Waals surface area contributed by atoms with Gasteiger partial charge in [0.15, 0.2) is 0 Å². The molecule has 2 saturated carbocycles. The quantitative estimate of drug-likeness (QED) is 0.657. The first-order valence-electron chi connectivity index (χ1n) is 11.3. The molecule has 3 aromatic rings. The SMILES string of the molecule is O=C(c1ccc(SC2CCCC2)cc1)N1CCN(c2ncnc3[nH]ccc23)CC12CC2. The molecule has 160 valence electrons. The van der Waals surface area contributed by atoms with Gasteiger partial charge in [0, 0.05) is 41.5 Å². The number of benzene rings is 1. The van der Waals surface area contributed by atoms with Crippen molar-refractivity contribution in [3.63, 3.8) is 0 Å². The average Bonchev–Trinajstić information content (AvgIpc) is 3.20. The summed E-state index contributed by atoms with van der Waals surface area (Å²) in [6.07, 6.45) is 11.0. The van der Waals surface area contributed by atoms with Crippen molar-refractivity contribution in [1.29, 1.82) is 0 Å². The molecule has 1 saturated heterocycles. The summed E-state index contributed by atoms with van der Waals surface area (Å²) < 4.78 is 0.